The molecule has 4 heteroatoms. The number of carbonyl (C=O) groups is 1. The zero-order valence-corrected chi connectivity index (χ0v) is 10.3. The lowest BCUT2D eigenvalue weighted by molar-refractivity contribution is -0.137. The predicted octanol–water partition coefficient (Wildman–Crippen LogP) is 2.46. The van der Waals surface area contributed by atoms with Crippen LogP contribution in [0.1, 0.15) is 30.5 Å². The molecule has 0 aliphatic rings. The second kappa shape index (κ2) is 4.20. The Balaban J connectivity index is 2.58. The minimum Gasteiger partial charge on any atom is -0.481 e. The highest BCUT2D eigenvalue weighted by Crippen LogP contribution is 2.28. The van der Waals surface area contributed by atoms with Crippen molar-refractivity contribution in [1.82, 2.24) is 9.78 Å². The van der Waals surface area contributed by atoms with Crippen LogP contribution in [0, 0.1) is 6.92 Å². The van der Waals surface area contributed by atoms with Gasteiger partial charge in [0.2, 0.25) is 0 Å². The molecule has 0 fully saturated rings. The first-order chi connectivity index (χ1) is 8.00. The summed E-state index contributed by atoms with van der Waals surface area (Å²) in [6, 6.07) is 6.03. The molecule has 1 atom stereocenters. The minimum atomic E-state index is -0.787. The molecule has 0 spiro atoms. The third-order valence-corrected chi connectivity index (χ3v) is 3.06. The standard InChI is InChI=1S/C13H16N2O2/c1-8-5-4-6-10-12(8)13(14-15(10)3)9(2)7-11(16)17/h4-6,9H,7H2,1-3H3,(H,16,17). The molecule has 0 amide bonds. The maximum atomic E-state index is 10.8. The fourth-order valence-corrected chi connectivity index (χ4v) is 2.22. The summed E-state index contributed by atoms with van der Waals surface area (Å²) in [7, 11) is 1.89. The molecular formula is C13H16N2O2. The van der Waals surface area contributed by atoms with Crippen LogP contribution in [-0.2, 0) is 11.8 Å². The maximum Gasteiger partial charge on any atom is 0.304 e. The third-order valence-electron chi connectivity index (χ3n) is 3.06. The number of rotatable bonds is 3. The van der Waals surface area contributed by atoms with E-state index in [4.69, 9.17) is 5.11 Å². The Labute approximate surface area is 99.9 Å². The lowest BCUT2D eigenvalue weighted by Crippen LogP contribution is -2.04. The van der Waals surface area contributed by atoms with Crippen LogP contribution in [0.3, 0.4) is 0 Å². The molecule has 1 N–H and O–H groups in total. The number of aryl methyl sites for hydroxylation is 2. The van der Waals surface area contributed by atoms with E-state index in [-0.39, 0.29) is 12.3 Å². The van der Waals surface area contributed by atoms with Crippen LogP contribution in [-0.4, -0.2) is 20.9 Å². The lowest BCUT2D eigenvalue weighted by Gasteiger charge is -2.06. The van der Waals surface area contributed by atoms with Gasteiger partial charge < -0.3 is 5.11 Å². The molecular weight excluding hydrogens is 216 g/mol. The van der Waals surface area contributed by atoms with Crippen molar-refractivity contribution in [2.75, 3.05) is 0 Å². The quantitative estimate of drug-likeness (QED) is 0.884. The lowest BCUT2D eigenvalue weighted by atomic mass is 9.98. The summed E-state index contributed by atoms with van der Waals surface area (Å²) in [4.78, 5) is 10.8. The summed E-state index contributed by atoms with van der Waals surface area (Å²) in [5, 5.41) is 14.4. The fourth-order valence-electron chi connectivity index (χ4n) is 2.22. The van der Waals surface area contributed by atoms with Crippen LogP contribution in [0.25, 0.3) is 10.9 Å². The molecule has 0 aliphatic heterocycles. The van der Waals surface area contributed by atoms with E-state index < -0.39 is 5.97 Å². The molecule has 0 bridgehead atoms. The molecule has 0 saturated carbocycles. The number of nitrogens with zero attached hydrogens (tertiary/aromatic N) is 2. The van der Waals surface area contributed by atoms with E-state index in [9.17, 15) is 4.79 Å². The Morgan fingerprint density at radius 1 is 1.53 bits per heavy atom. The Hall–Kier alpha value is -1.84. The van der Waals surface area contributed by atoms with E-state index in [1.807, 2.05) is 43.8 Å². The van der Waals surface area contributed by atoms with Crippen LogP contribution in [0.4, 0.5) is 0 Å². The van der Waals surface area contributed by atoms with E-state index in [1.165, 1.54) is 0 Å². The van der Waals surface area contributed by atoms with E-state index in [1.54, 1.807) is 0 Å². The highest BCUT2D eigenvalue weighted by Gasteiger charge is 2.18. The first kappa shape index (κ1) is 11.6. The van der Waals surface area contributed by atoms with Gasteiger partial charge in [-0.1, -0.05) is 19.1 Å². The number of fused-ring (bicyclic) bond motifs is 1. The average Bonchev–Trinajstić information content (AvgIpc) is 2.57. The van der Waals surface area contributed by atoms with Gasteiger partial charge in [0.1, 0.15) is 0 Å². The highest BCUT2D eigenvalue weighted by atomic mass is 16.4. The van der Waals surface area contributed by atoms with Gasteiger partial charge in [0, 0.05) is 18.4 Å². The van der Waals surface area contributed by atoms with Crippen molar-refractivity contribution in [2.45, 2.75) is 26.2 Å². The van der Waals surface area contributed by atoms with E-state index >= 15 is 0 Å². The first-order valence-electron chi connectivity index (χ1n) is 5.64. The van der Waals surface area contributed by atoms with Crippen molar-refractivity contribution in [3.05, 3.63) is 29.5 Å². The molecule has 0 aliphatic carbocycles. The second-order valence-electron chi connectivity index (χ2n) is 4.48. The number of aliphatic carboxylic acids is 1. The predicted molar refractivity (Wildman–Crippen MR) is 66.1 cm³/mol. The molecule has 0 radical (unpaired) electrons. The van der Waals surface area contributed by atoms with Crippen molar-refractivity contribution >= 4 is 16.9 Å². The number of carboxylic acid groups (broad SMARTS) is 1. The van der Waals surface area contributed by atoms with E-state index in [0.29, 0.717) is 0 Å². The summed E-state index contributed by atoms with van der Waals surface area (Å²) in [6.07, 6.45) is 0.112. The van der Waals surface area contributed by atoms with Gasteiger partial charge in [0.15, 0.2) is 0 Å². The van der Waals surface area contributed by atoms with Gasteiger partial charge in [-0.3, -0.25) is 9.48 Å². The van der Waals surface area contributed by atoms with Gasteiger partial charge in [-0.25, -0.2) is 0 Å². The fraction of sp³-hybridized carbons (Fsp3) is 0.385. The van der Waals surface area contributed by atoms with Crippen LogP contribution < -0.4 is 0 Å². The van der Waals surface area contributed by atoms with Crippen LogP contribution in [0.5, 0.6) is 0 Å². The molecule has 0 saturated heterocycles. The molecule has 4 nitrogen and oxygen atoms in total. The summed E-state index contributed by atoms with van der Waals surface area (Å²) in [6.45, 7) is 3.93. The van der Waals surface area contributed by atoms with E-state index in [2.05, 4.69) is 5.10 Å². The second-order valence-corrected chi connectivity index (χ2v) is 4.48. The Morgan fingerprint density at radius 3 is 2.88 bits per heavy atom. The van der Waals surface area contributed by atoms with Gasteiger partial charge >= 0.3 is 5.97 Å². The number of carboxylic acids is 1. The molecule has 17 heavy (non-hydrogen) atoms. The smallest absolute Gasteiger partial charge is 0.304 e. The van der Waals surface area contributed by atoms with Crippen molar-refractivity contribution in [1.29, 1.82) is 0 Å². The molecule has 1 heterocycles. The summed E-state index contributed by atoms with van der Waals surface area (Å²) in [5.74, 6) is -0.859. The number of hydrogen-bond donors (Lipinski definition) is 1. The normalized spacial score (nSPS) is 12.9. The van der Waals surface area contributed by atoms with Crippen molar-refractivity contribution in [2.24, 2.45) is 7.05 Å². The number of benzene rings is 1. The Kier molecular flexibility index (Phi) is 2.88. The molecule has 1 unspecified atom stereocenters. The maximum absolute atomic E-state index is 10.8. The minimum absolute atomic E-state index is 0.0719. The molecule has 1 aromatic heterocycles. The van der Waals surface area contributed by atoms with Gasteiger partial charge in [-0.05, 0) is 18.6 Å². The van der Waals surface area contributed by atoms with Crippen molar-refractivity contribution in [3.63, 3.8) is 0 Å². The molecule has 2 rings (SSSR count). The summed E-state index contributed by atoms with van der Waals surface area (Å²) < 4.78 is 1.82. The van der Waals surface area contributed by atoms with Crippen LogP contribution in [0.2, 0.25) is 0 Å². The van der Waals surface area contributed by atoms with Gasteiger partial charge in [0.25, 0.3) is 0 Å². The van der Waals surface area contributed by atoms with Crippen molar-refractivity contribution < 1.29 is 9.90 Å². The van der Waals surface area contributed by atoms with Crippen LogP contribution in [0.15, 0.2) is 18.2 Å². The van der Waals surface area contributed by atoms with Crippen molar-refractivity contribution in [3.8, 4) is 0 Å². The number of aromatic nitrogens is 2. The summed E-state index contributed by atoms with van der Waals surface area (Å²) in [5.41, 5.74) is 3.07. The first-order valence-corrected chi connectivity index (χ1v) is 5.64. The zero-order chi connectivity index (χ0) is 12.6. The molecule has 1 aromatic carbocycles. The zero-order valence-electron chi connectivity index (χ0n) is 10.3. The van der Waals surface area contributed by atoms with Crippen LogP contribution >= 0.6 is 0 Å². The highest BCUT2D eigenvalue weighted by molar-refractivity contribution is 5.86. The topological polar surface area (TPSA) is 55.1 Å². The van der Waals surface area contributed by atoms with E-state index in [0.717, 1.165) is 22.2 Å². The molecule has 2 aromatic rings. The average molecular weight is 232 g/mol. The third kappa shape index (κ3) is 2.02. The SMILES string of the molecule is Cc1cccc2c1c(C(C)CC(=O)O)nn2C. The largest absolute Gasteiger partial charge is 0.481 e. The van der Waals surface area contributed by atoms with Gasteiger partial charge in [-0.15, -0.1) is 0 Å². The van der Waals surface area contributed by atoms with Gasteiger partial charge in [0.05, 0.1) is 17.6 Å². The molecule has 90 valence electrons. The monoisotopic (exact) mass is 232 g/mol. The number of hydrogen-bond acceptors (Lipinski definition) is 2. The summed E-state index contributed by atoms with van der Waals surface area (Å²) >= 11 is 0. The van der Waals surface area contributed by atoms with Gasteiger partial charge in [-0.2, -0.15) is 5.10 Å². The Morgan fingerprint density at radius 2 is 2.24 bits per heavy atom. The Bertz CT molecular complexity index is 572.